The number of fused-ring (bicyclic) bond motifs is 1. The zero-order valence-corrected chi connectivity index (χ0v) is 18.6. The molecule has 2 aromatic heterocycles. The van der Waals surface area contributed by atoms with E-state index in [1.807, 2.05) is 60.9 Å². The lowest BCUT2D eigenvalue weighted by Crippen LogP contribution is -2.30. The second-order valence-corrected chi connectivity index (χ2v) is 7.88. The van der Waals surface area contributed by atoms with Crippen molar-refractivity contribution in [1.82, 2.24) is 9.97 Å². The second-order valence-electron chi connectivity index (χ2n) is 7.47. The number of aromatic nitrogens is 2. The number of nitrogens with zero attached hydrogens (tertiary/aromatic N) is 2. The maximum Gasteiger partial charge on any atom is 0.135 e. The summed E-state index contributed by atoms with van der Waals surface area (Å²) in [7, 11) is 0. The van der Waals surface area contributed by atoms with Crippen LogP contribution in [0.3, 0.4) is 0 Å². The molecule has 0 atom stereocenters. The lowest BCUT2D eigenvalue weighted by atomic mass is 10.2. The van der Waals surface area contributed by atoms with Crippen LogP contribution < -0.4 is 15.0 Å². The Bertz CT molecular complexity index is 1140. The van der Waals surface area contributed by atoms with Gasteiger partial charge in [0, 0.05) is 46.8 Å². The summed E-state index contributed by atoms with van der Waals surface area (Å²) in [4.78, 5) is 10.2. The monoisotopic (exact) mass is 434 g/mol. The normalized spacial score (nSPS) is 10.9. The lowest BCUT2D eigenvalue weighted by molar-refractivity contribution is 0.323. The quantitative estimate of drug-likeness (QED) is 0.313. The Balaban J connectivity index is 1.52. The minimum absolute atomic E-state index is 0.619. The molecule has 0 amide bonds. The third kappa shape index (κ3) is 4.94. The molecule has 0 bridgehead atoms. The molecule has 0 aliphatic carbocycles. The van der Waals surface area contributed by atoms with Crippen molar-refractivity contribution in [2.45, 2.75) is 20.3 Å². The largest absolute Gasteiger partial charge is 0.492 e. The predicted molar refractivity (Wildman–Crippen MR) is 130 cm³/mol. The van der Waals surface area contributed by atoms with Crippen molar-refractivity contribution in [3.63, 3.8) is 0 Å². The number of hydrogen-bond donors (Lipinski definition) is 2. The predicted octanol–water partition coefficient (Wildman–Crippen LogP) is 6.56. The van der Waals surface area contributed by atoms with Crippen molar-refractivity contribution in [1.29, 1.82) is 0 Å². The summed E-state index contributed by atoms with van der Waals surface area (Å²) in [6.07, 6.45) is 4.79. The number of para-hydroxylation sites is 1. The third-order valence-electron chi connectivity index (χ3n) is 5.26. The van der Waals surface area contributed by atoms with Crippen LogP contribution in [0.15, 0.2) is 67.0 Å². The molecule has 4 rings (SSSR count). The van der Waals surface area contributed by atoms with Crippen LogP contribution in [0, 0.1) is 6.92 Å². The summed E-state index contributed by atoms with van der Waals surface area (Å²) in [6.45, 7) is 6.65. The smallest absolute Gasteiger partial charge is 0.135 e. The molecule has 6 heteroatoms. The second kappa shape index (κ2) is 9.75. The molecule has 5 nitrogen and oxygen atoms in total. The van der Waals surface area contributed by atoms with E-state index in [-0.39, 0.29) is 0 Å². The van der Waals surface area contributed by atoms with Crippen LogP contribution in [0.5, 0.6) is 5.75 Å². The molecule has 0 radical (unpaired) electrons. The van der Waals surface area contributed by atoms with Crippen molar-refractivity contribution >= 4 is 39.7 Å². The number of nitrogens with one attached hydrogen (secondary N) is 2. The fourth-order valence-electron chi connectivity index (χ4n) is 3.74. The minimum atomic E-state index is 0.619. The summed E-state index contributed by atoms with van der Waals surface area (Å²) in [5.74, 6) is 1.72. The van der Waals surface area contributed by atoms with Crippen molar-refractivity contribution < 1.29 is 4.74 Å². The van der Waals surface area contributed by atoms with Crippen molar-refractivity contribution in [2.24, 2.45) is 0 Å². The Morgan fingerprint density at radius 3 is 2.74 bits per heavy atom. The van der Waals surface area contributed by atoms with Crippen LogP contribution in [0.2, 0.25) is 5.02 Å². The van der Waals surface area contributed by atoms with E-state index in [0.717, 1.165) is 58.9 Å². The SMILES string of the molecule is CCCN(CCOc1ccccc1)c1ccnc(Nc2cc(Cl)c3cc[nH]c3c2)c1C. The molecule has 160 valence electrons. The summed E-state index contributed by atoms with van der Waals surface area (Å²) in [5.41, 5.74) is 4.15. The van der Waals surface area contributed by atoms with Gasteiger partial charge in [0.05, 0.1) is 11.6 Å². The standard InChI is InChI=1S/C25H27ClN4O/c1-3-13-30(14-15-31-20-7-5-4-6-8-20)24-10-12-28-25(18(24)2)29-19-16-22(26)21-9-11-27-23(21)17-19/h4-12,16-17,27H,3,13-15H2,1-2H3,(H,28,29). The first kappa shape index (κ1) is 21.1. The number of halogens is 1. The summed E-state index contributed by atoms with van der Waals surface area (Å²) >= 11 is 6.44. The third-order valence-corrected chi connectivity index (χ3v) is 5.58. The topological polar surface area (TPSA) is 53.2 Å². The zero-order valence-electron chi connectivity index (χ0n) is 17.9. The first-order valence-corrected chi connectivity index (χ1v) is 11.0. The van der Waals surface area contributed by atoms with Crippen LogP contribution >= 0.6 is 11.6 Å². The summed E-state index contributed by atoms with van der Waals surface area (Å²) in [6, 6.07) is 18.0. The Hall–Kier alpha value is -3.18. The molecular formula is C25H27ClN4O. The highest BCUT2D eigenvalue weighted by atomic mass is 35.5. The molecule has 2 N–H and O–H groups in total. The molecule has 2 aromatic carbocycles. The van der Waals surface area contributed by atoms with Gasteiger partial charge in [-0.2, -0.15) is 0 Å². The Morgan fingerprint density at radius 2 is 1.94 bits per heavy atom. The van der Waals surface area contributed by atoms with Crippen LogP contribution in [0.1, 0.15) is 18.9 Å². The maximum atomic E-state index is 6.44. The van der Waals surface area contributed by atoms with E-state index >= 15 is 0 Å². The Morgan fingerprint density at radius 1 is 1.10 bits per heavy atom. The highest BCUT2D eigenvalue weighted by molar-refractivity contribution is 6.35. The fourth-order valence-corrected chi connectivity index (χ4v) is 4.02. The first-order chi connectivity index (χ1) is 15.2. The van der Waals surface area contributed by atoms with E-state index in [9.17, 15) is 0 Å². The van der Waals surface area contributed by atoms with Crippen LogP contribution in [-0.4, -0.2) is 29.7 Å². The molecule has 0 aliphatic heterocycles. The average Bonchev–Trinajstić information content (AvgIpc) is 3.25. The maximum absolute atomic E-state index is 6.44. The number of aromatic amines is 1. The van der Waals surface area contributed by atoms with Crippen LogP contribution in [0.25, 0.3) is 10.9 Å². The van der Waals surface area contributed by atoms with E-state index < -0.39 is 0 Å². The number of rotatable bonds is 9. The van der Waals surface area contributed by atoms with Gasteiger partial charge in [-0.05, 0) is 49.7 Å². The molecule has 0 fully saturated rings. The van der Waals surface area contributed by atoms with E-state index in [2.05, 4.69) is 40.1 Å². The Kier molecular flexibility index (Phi) is 6.63. The number of hydrogen-bond acceptors (Lipinski definition) is 4. The highest BCUT2D eigenvalue weighted by Crippen LogP contribution is 2.31. The molecule has 2 heterocycles. The molecule has 4 aromatic rings. The van der Waals surface area contributed by atoms with Gasteiger partial charge in [-0.3, -0.25) is 0 Å². The van der Waals surface area contributed by atoms with Crippen LogP contribution in [-0.2, 0) is 0 Å². The van der Waals surface area contributed by atoms with Gasteiger partial charge in [-0.15, -0.1) is 0 Å². The molecule has 0 saturated heterocycles. The van der Waals surface area contributed by atoms with Gasteiger partial charge >= 0.3 is 0 Å². The van der Waals surface area contributed by atoms with Crippen molar-refractivity contribution in [3.05, 3.63) is 77.6 Å². The van der Waals surface area contributed by atoms with Crippen molar-refractivity contribution in [2.75, 3.05) is 29.9 Å². The van der Waals surface area contributed by atoms with E-state index in [1.165, 1.54) is 0 Å². The van der Waals surface area contributed by atoms with Gasteiger partial charge in [0.2, 0.25) is 0 Å². The number of pyridine rings is 1. The summed E-state index contributed by atoms with van der Waals surface area (Å²) in [5, 5.41) is 5.16. The first-order valence-electron chi connectivity index (χ1n) is 10.6. The number of H-pyrrole nitrogens is 1. The Labute approximate surface area is 188 Å². The molecular weight excluding hydrogens is 408 g/mol. The van der Waals surface area contributed by atoms with E-state index in [4.69, 9.17) is 16.3 Å². The highest BCUT2D eigenvalue weighted by Gasteiger charge is 2.13. The minimum Gasteiger partial charge on any atom is -0.492 e. The summed E-state index contributed by atoms with van der Waals surface area (Å²) < 4.78 is 5.93. The molecule has 0 saturated carbocycles. The fraction of sp³-hybridized carbons (Fsp3) is 0.240. The molecule has 31 heavy (non-hydrogen) atoms. The van der Waals surface area contributed by atoms with Gasteiger partial charge in [0.25, 0.3) is 0 Å². The van der Waals surface area contributed by atoms with Crippen molar-refractivity contribution in [3.8, 4) is 5.75 Å². The van der Waals surface area contributed by atoms with Gasteiger partial charge < -0.3 is 19.9 Å². The zero-order chi connectivity index (χ0) is 21.6. The van der Waals surface area contributed by atoms with Crippen LogP contribution in [0.4, 0.5) is 17.2 Å². The number of benzene rings is 2. The van der Waals surface area contributed by atoms with Gasteiger partial charge in [-0.1, -0.05) is 36.7 Å². The average molecular weight is 435 g/mol. The van der Waals surface area contributed by atoms with Gasteiger partial charge in [-0.25, -0.2) is 4.98 Å². The van der Waals surface area contributed by atoms with E-state index in [1.54, 1.807) is 0 Å². The molecule has 0 unspecified atom stereocenters. The lowest BCUT2D eigenvalue weighted by Gasteiger charge is -2.27. The van der Waals surface area contributed by atoms with Gasteiger partial charge in [0.15, 0.2) is 0 Å². The van der Waals surface area contributed by atoms with E-state index in [0.29, 0.717) is 11.6 Å². The van der Waals surface area contributed by atoms with Gasteiger partial charge in [0.1, 0.15) is 18.2 Å². The number of ether oxygens (including phenoxy) is 1. The molecule has 0 spiro atoms. The molecule has 0 aliphatic rings. The number of anilines is 3.